The maximum Gasteiger partial charge on any atom is 0.242 e. The van der Waals surface area contributed by atoms with Crippen molar-refractivity contribution in [1.29, 1.82) is 0 Å². The molecule has 2 rings (SSSR count). The highest BCUT2D eigenvalue weighted by atomic mass is 35.5. The molecular weight excluding hydrogens is 407 g/mol. The van der Waals surface area contributed by atoms with Gasteiger partial charge in [-0.1, -0.05) is 68.2 Å². The number of hydrogen-bond donors (Lipinski definition) is 1. The van der Waals surface area contributed by atoms with Gasteiger partial charge >= 0.3 is 0 Å². The van der Waals surface area contributed by atoms with Gasteiger partial charge in [0.1, 0.15) is 6.04 Å². The van der Waals surface area contributed by atoms with Crippen molar-refractivity contribution in [2.45, 2.75) is 46.2 Å². The van der Waals surface area contributed by atoms with Crippen LogP contribution in [0.1, 0.15) is 38.3 Å². The lowest BCUT2D eigenvalue weighted by molar-refractivity contribution is -0.141. The van der Waals surface area contributed by atoms with Crippen molar-refractivity contribution in [3.63, 3.8) is 0 Å². The fourth-order valence-corrected chi connectivity index (χ4v) is 3.26. The van der Waals surface area contributed by atoms with Crippen LogP contribution in [-0.4, -0.2) is 29.3 Å². The maximum absolute atomic E-state index is 13.2. The molecule has 0 bridgehead atoms. The monoisotopic (exact) mass is 434 g/mol. The van der Waals surface area contributed by atoms with Gasteiger partial charge in [0, 0.05) is 23.1 Å². The zero-order chi connectivity index (χ0) is 21.4. The molecule has 29 heavy (non-hydrogen) atoms. The van der Waals surface area contributed by atoms with E-state index in [2.05, 4.69) is 5.32 Å². The number of benzene rings is 2. The largest absolute Gasteiger partial charge is 0.354 e. The average Bonchev–Trinajstić information content (AvgIpc) is 2.69. The highest BCUT2D eigenvalue weighted by Gasteiger charge is 2.28. The van der Waals surface area contributed by atoms with Gasteiger partial charge in [0.15, 0.2) is 0 Å². The fraction of sp³-hybridized carbons (Fsp3) is 0.391. The third-order valence-electron chi connectivity index (χ3n) is 4.61. The first-order valence-electron chi connectivity index (χ1n) is 9.86. The lowest BCUT2D eigenvalue weighted by atomic mass is 10.1. The summed E-state index contributed by atoms with van der Waals surface area (Å²) in [6.45, 7) is 6.92. The van der Waals surface area contributed by atoms with Gasteiger partial charge in [-0.15, -0.1) is 0 Å². The third-order valence-corrected chi connectivity index (χ3v) is 5.11. The molecule has 0 aliphatic heterocycles. The first-order chi connectivity index (χ1) is 13.8. The molecule has 2 aromatic carbocycles. The molecule has 0 fully saturated rings. The molecule has 0 aliphatic rings. The second kappa shape index (κ2) is 11.2. The van der Waals surface area contributed by atoms with E-state index in [1.807, 2.05) is 45.0 Å². The summed E-state index contributed by atoms with van der Waals surface area (Å²) in [6, 6.07) is 14.0. The van der Waals surface area contributed by atoms with Crippen LogP contribution in [0.4, 0.5) is 0 Å². The van der Waals surface area contributed by atoms with Crippen molar-refractivity contribution >= 4 is 35.0 Å². The summed E-state index contributed by atoms with van der Waals surface area (Å²) in [5, 5.41) is 4.22. The number of rotatable bonds is 9. The Morgan fingerprint density at radius 1 is 0.931 bits per heavy atom. The van der Waals surface area contributed by atoms with Crippen LogP contribution < -0.4 is 5.32 Å². The minimum absolute atomic E-state index is 0.103. The molecule has 0 spiro atoms. The molecule has 0 saturated carbocycles. The van der Waals surface area contributed by atoms with E-state index < -0.39 is 6.04 Å². The Morgan fingerprint density at radius 3 is 1.93 bits per heavy atom. The van der Waals surface area contributed by atoms with Gasteiger partial charge in [0.2, 0.25) is 11.8 Å². The van der Waals surface area contributed by atoms with Gasteiger partial charge in [-0.3, -0.25) is 9.59 Å². The van der Waals surface area contributed by atoms with Gasteiger partial charge < -0.3 is 10.2 Å². The van der Waals surface area contributed by atoms with Gasteiger partial charge in [0.05, 0.1) is 6.42 Å². The van der Waals surface area contributed by atoms with Crippen LogP contribution >= 0.6 is 23.2 Å². The summed E-state index contributed by atoms with van der Waals surface area (Å²) in [7, 11) is 0. The van der Waals surface area contributed by atoms with Crippen LogP contribution in [-0.2, 0) is 22.6 Å². The summed E-state index contributed by atoms with van der Waals surface area (Å²) >= 11 is 11.9. The van der Waals surface area contributed by atoms with E-state index in [-0.39, 0.29) is 18.2 Å². The molecule has 0 aromatic heterocycles. The Kier molecular flexibility index (Phi) is 8.99. The number of carbonyl (C=O) groups is 2. The molecule has 0 heterocycles. The molecular formula is C23H28Cl2N2O2. The second-order valence-corrected chi connectivity index (χ2v) is 8.39. The number of carbonyl (C=O) groups excluding carboxylic acids is 2. The second-order valence-electron chi connectivity index (χ2n) is 7.51. The standard InChI is InChI=1S/C23H28Cl2N2O2/c1-4-21(23(29)26-14-16(2)3)27(15-18-7-11-20(25)12-8-18)22(28)13-17-5-9-19(24)10-6-17/h5-12,16,21H,4,13-15H2,1-3H3,(H,26,29)/t21-/m1/s1. The zero-order valence-corrected chi connectivity index (χ0v) is 18.6. The molecule has 2 amide bonds. The van der Waals surface area contributed by atoms with E-state index in [9.17, 15) is 9.59 Å². The van der Waals surface area contributed by atoms with Gasteiger partial charge in [0.25, 0.3) is 0 Å². The molecule has 2 aromatic rings. The van der Waals surface area contributed by atoms with Crippen molar-refractivity contribution in [3.8, 4) is 0 Å². The topological polar surface area (TPSA) is 49.4 Å². The number of hydrogen-bond acceptors (Lipinski definition) is 2. The first-order valence-corrected chi connectivity index (χ1v) is 10.6. The van der Waals surface area contributed by atoms with Crippen LogP contribution in [0.25, 0.3) is 0 Å². The summed E-state index contributed by atoms with van der Waals surface area (Å²) in [4.78, 5) is 27.7. The maximum atomic E-state index is 13.2. The number of amides is 2. The lowest BCUT2D eigenvalue weighted by Gasteiger charge is -2.31. The van der Waals surface area contributed by atoms with Crippen molar-refractivity contribution in [3.05, 3.63) is 69.7 Å². The first kappa shape index (κ1) is 23.2. The number of halogens is 2. The van der Waals surface area contributed by atoms with Crippen molar-refractivity contribution < 1.29 is 9.59 Å². The minimum Gasteiger partial charge on any atom is -0.354 e. The van der Waals surface area contributed by atoms with E-state index in [0.29, 0.717) is 35.5 Å². The smallest absolute Gasteiger partial charge is 0.242 e. The zero-order valence-electron chi connectivity index (χ0n) is 17.1. The predicted molar refractivity (Wildman–Crippen MR) is 119 cm³/mol. The van der Waals surface area contributed by atoms with Crippen LogP contribution in [0.3, 0.4) is 0 Å². The number of nitrogens with zero attached hydrogens (tertiary/aromatic N) is 1. The highest BCUT2D eigenvalue weighted by Crippen LogP contribution is 2.17. The van der Waals surface area contributed by atoms with Gasteiger partial charge in [-0.25, -0.2) is 0 Å². The van der Waals surface area contributed by atoms with Crippen LogP contribution in [0.5, 0.6) is 0 Å². The van der Waals surface area contributed by atoms with Crippen molar-refractivity contribution in [2.24, 2.45) is 5.92 Å². The fourth-order valence-electron chi connectivity index (χ4n) is 3.01. The Bertz CT molecular complexity index is 805. The number of nitrogens with one attached hydrogen (secondary N) is 1. The molecule has 1 N–H and O–H groups in total. The van der Waals surface area contributed by atoms with Gasteiger partial charge in [-0.2, -0.15) is 0 Å². The third kappa shape index (κ3) is 7.37. The molecule has 6 heteroatoms. The SMILES string of the molecule is CC[C@H](C(=O)NCC(C)C)N(Cc1ccc(Cl)cc1)C(=O)Cc1ccc(Cl)cc1. The Balaban J connectivity index is 2.24. The van der Waals surface area contributed by atoms with Crippen LogP contribution in [0.2, 0.25) is 10.0 Å². The molecule has 4 nitrogen and oxygen atoms in total. The minimum atomic E-state index is -0.538. The van der Waals surface area contributed by atoms with Crippen LogP contribution in [0, 0.1) is 5.92 Å². The average molecular weight is 435 g/mol. The normalized spacial score (nSPS) is 11.9. The molecule has 1 atom stereocenters. The van der Waals surface area contributed by atoms with E-state index in [1.165, 1.54) is 0 Å². The summed E-state index contributed by atoms with van der Waals surface area (Å²) in [5.74, 6) is 0.111. The Morgan fingerprint density at radius 2 is 1.45 bits per heavy atom. The quantitative estimate of drug-likeness (QED) is 0.595. The van der Waals surface area contributed by atoms with E-state index in [1.54, 1.807) is 29.2 Å². The van der Waals surface area contributed by atoms with E-state index in [4.69, 9.17) is 23.2 Å². The molecule has 0 radical (unpaired) electrons. The molecule has 0 saturated heterocycles. The molecule has 0 aliphatic carbocycles. The summed E-state index contributed by atoms with van der Waals surface area (Å²) in [6.07, 6.45) is 0.739. The van der Waals surface area contributed by atoms with E-state index in [0.717, 1.165) is 11.1 Å². The van der Waals surface area contributed by atoms with Gasteiger partial charge in [-0.05, 0) is 47.7 Å². The van der Waals surface area contributed by atoms with E-state index >= 15 is 0 Å². The Hall–Kier alpha value is -2.04. The lowest BCUT2D eigenvalue weighted by Crippen LogP contribution is -2.50. The van der Waals surface area contributed by atoms with Crippen molar-refractivity contribution in [1.82, 2.24) is 10.2 Å². The van der Waals surface area contributed by atoms with Crippen molar-refractivity contribution in [2.75, 3.05) is 6.54 Å². The summed E-state index contributed by atoms with van der Waals surface area (Å²) in [5.41, 5.74) is 1.78. The predicted octanol–water partition coefficient (Wildman–Crippen LogP) is 5.12. The van der Waals surface area contributed by atoms with Crippen LogP contribution in [0.15, 0.2) is 48.5 Å². The summed E-state index contributed by atoms with van der Waals surface area (Å²) < 4.78 is 0. The Labute approximate surface area is 183 Å². The molecule has 156 valence electrons. The highest BCUT2D eigenvalue weighted by molar-refractivity contribution is 6.30. The molecule has 0 unspecified atom stereocenters.